The van der Waals surface area contributed by atoms with Crippen LogP contribution in [0.4, 0.5) is 0 Å². The van der Waals surface area contributed by atoms with Crippen molar-refractivity contribution in [1.82, 2.24) is 0 Å². The van der Waals surface area contributed by atoms with Crippen molar-refractivity contribution in [3.8, 4) is 0 Å². The van der Waals surface area contributed by atoms with Crippen molar-refractivity contribution in [2.45, 2.75) is 19.4 Å². The van der Waals surface area contributed by atoms with E-state index < -0.39 is 0 Å². The molecule has 0 amide bonds. The highest BCUT2D eigenvalue weighted by atomic mass is 16.5. The highest BCUT2D eigenvalue weighted by molar-refractivity contribution is 5.90. The molecule has 0 saturated carbocycles. The molecule has 0 aromatic carbocycles. The van der Waals surface area contributed by atoms with Crippen LogP contribution in [0.2, 0.25) is 0 Å². The number of hydrogen-bond acceptors (Lipinski definition) is 2. The van der Waals surface area contributed by atoms with Gasteiger partial charge in [0.1, 0.15) is 6.61 Å². The van der Waals surface area contributed by atoms with Gasteiger partial charge < -0.3 is 4.74 Å². The lowest BCUT2D eigenvalue weighted by Crippen LogP contribution is -2.02. The monoisotopic (exact) mass is 113 g/mol. The van der Waals surface area contributed by atoms with E-state index in [0.29, 0.717) is 6.61 Å². The molecule has 1 aliphatic rings. The van der Waals surface area contributed by atoms with Gasteiger partial charge in [0, 0.05) is 0 Å². The molecule has 0 aromatic heterocycles. The Morgan fingerprint density at radius 3 is 3.00 bits per heavy atom. The van der Waals surface area contributed by atoms with E-state index in [1.807, 2.05) is 6.92 Å². The molecule has 1 aliphatic heterocycles. The Labute approximate surface area is 48.8 Å². The Morgan fingerprint density at radius 1 is 2.00 bits per heavy atom. The predicted octanol–water partition coefficient (Wildman–Crippen LogP) is 0.569. The van der Waals surface area contributed by atoms with Gasteiger partial charge in [-0.2, -0.15) is 0 Å². The second-order valence-corrected chi connectivity index (χ2v) is 1.89. The van der Waals surface area contributed by atoms with Crippen LogP contribution in [-0.2, 0) is 9.53 Å². The van der Waals surface area contributed by atoms with Crippen molar-refractivity contribution in [1.29, 1.82) is 0 Å². The van der Waals surface area contributed by atoms with E-state index in [1.54, 1.807) is 6.42 Å². The van der Waals surface area contributed by atoms with Gasteiger partial charge in [0.2, 0.25) is 0 Å². The average Bonchev–Trinajstić information content (AvgIpc) is 2.14. The number of carbonyl (C=O) groups is 1. The highest BCUT2D eigenvalue weighted by Gasteiger charge is 2.20. The van der Waals surface area contributed by atoms with Gasteiger partial charge in [0.25, 0.3) is 0 Å². The molecule has 1 atom stereocenters. The summed E-state index contributed by atoms with van der Waals surface area (Å²) in [5.41, 5.74) is 0. The summed E-state index contributed by atoms with van der Waals surface area (Å²) in [5, 5.41) is 0. The summed E-state index contributed by atoms with van der Waals surface area (Å²) >= 11 is 0. The summed E-state index contributed by atoms with van der Waals surface area (Å²) in [5.74, 6) is 0.122. The number of hydrogen-bond donors (Lipinski definition) is 0. The molecule has 0 N–H and O–H groups in total. The van der Waals surface area contributed by atoms with Crippen LogP contribution in [0, 0.1) is 6.42 Å². The second kappa shape index (κ2) is 2.27. The minimum atomic E-state index is 0.0995. The molecular formula is C6H9O2. The first kappa shape index (κ1) is 5.76. The summed E-state index contributed by atoms with van der Waals surface area (Å²) < 4.78 is 5.01. The number of Topliss-reactive ketones (excluding diaryl/α,β-unsaturated/α-hetero) is 1. The van der Waals surface area contributed by atoms with Gasteiger partial charge in [0.15, 0.2) is 5.78 Å². The van der Waals surface area contributed by atoms with Crippen LogP contribution in [0.25, 0.3) is 0 Å². The van der Waals surface area contributed by atoms with E-state index in [4.69, 9.17) is 4.74 Å². The van der Waals surface area contributed by atoms with Gasteiger partial charge in [-0.15, -0.1) is 0 Å². The molecule has 1 saturated heterocycles. The molecule has 8 heavy (non-hydrogen) atoms. The number of rotatable bonds is 1. The van der Waals surface area contributed by atoms with Gasteiger partial charge in [0.05, 0.1) is 12.5 Å². The topological polar surface area (TPSA) is 26.3 Å². The van der Waals surface area contributed by atoms with E-state index in [0.717, 1.165) is 6.42 Å². The lowest BCUT2D eigenvalue weighted by molar-refractivity contribution is -0.116. The average molecular weight is 113 g/mol. The zero-order valence-electron chi connectivity index (χ0n) is 4.89. The Kier molecular flexibility index (Phi) is 1.63. The van der Waals surface area contributed by atoms with Gasteiger partial charge in [-0.1, -0.05) is 6.92 Å². The van der Waals surface area contributed by atoms with Crippen molar-refractivity contribution in [3.63, 3.8) is 0 Å². The van der Waals surface area contributed by atoms with Crippen molar-refractivity contribution in [2.75, 3.05) is 6.61 Å². The van der Waals surface area contributed by atoms with Crippen LogP contribution in [0.5, 0.6) is 0 Å². The standard InChI is InChI=1S/C6H9O2/c1-2-6-3-5(7)4-8-6/h3,6H,2,4H2,1H3. The van der Waals surface area contributed by atoms with E-state index in [2.05, 4.69) is 0 Å². The third kappa shape index (κ3) is 1.07. The van der Waals surface area contributed by atoms with Crippen LogP contribution in [0.1, 0.15) is 13.3 Å². The summed E-state index contributed by atoms with van der Waals surface area (Å²) in [4.78, 5) is 10.4. The van der Waals surface area contributed by atoms with E-state index >= 15 is 0 Å². The van der Waals surface area contributed by atoms with E-state index in [9.17, 15) is 4.79 Å². The third-order valence-corrected chi connectivity index (χ3v) is 1.21. The Balaban J connectivity index is 2.32. The van der Waals surface area contributed by atoms with Crippen molar-refractivity contribution >= 4 is 5.78 Å². The first-order valence-electron chi connectivity index (χ1n) is 2.82. The van der Waals surface area contributed by atoms with Crippen LogP contribution >= 0.6 is 0 Å². The molecule has 1 radical (unpaired) electrons. The van der Waals surface area contributed by atoms with Crippen LogP contribution in [0.15, 0.2) is 0 Å². The van der Waals surface area contributed by atoms with Crippen LogP contribution in [-0.4, -0.2) is 18.5 Å². The van der Waals surface area contributed by atoms with Crippen molar-refractivity contribution < 1.29 is 9.53 Å². The zero-order valence-corrected chi connectivity index (χ0v) is 4.89. The summed E-state index contributed by atoms with van der Waals surface area (Å²) in [6.45, 7) is 2.29. The molecule has 0 spiro atoms. The molecule has 0 bridgehead atoms. The van der Waals surface area contributed by atoms with Gasteiger partial charge >= 0.3 is 0 Å². The minimum Gasteiger partial charge on any atom is -0.370 e. The molecule has 1 fully saturated rings. The maximum absolute atomic E-state index is 10.4. The van der Waals surface area contributed by atoms with Crippen molar-refractivity contribution in [2.24, 2.45) is 0 Å². The summed E-state index contributed by atoms with van der Waals surface area (Å²) in [7, 11) is 0. The normalized spacial score (nSPS) is 29.1. The maximum Gasteiger partial charge on any atom is 0.164 e. The molecule has 0 aromatic rings. The largest absolute Gasteiger partial charge is 0.370 e. The van der Waals surface area contributed by atoms with E-state index in [-0.39, 0.29) is 11.9 Å². The second-order valence-electron chi connectivity index (χ2n) is 1.89. The molecule has 2 nitrogen and oxygen atoms in total. The Bertz CT molecular complexity index is 98.7. The molecule has 2 heteroatoms. The summed E-state index contributed by atoms with van der Waals surface area (Å²) in [6.07, 6.45) is 2.65. The fourth-order valence-electron chi connectivity index (χ4n) is 0.728. The van der Waals surface area contributed by atoms with Gasteiger partial charge in [-0.05, 0) is 6.42 Å². The fourth-order valence-corrected chi connectivity index (χ4v) is 0.728. The van der Waals surface area contributed by atoms with Crippen molar-refractivity contribution in [3.05, 3.63) is 6.42 Å². The number of ether oxygens (including phenoxy) is 1. The zero-order chi connectivity index (χ0) is 5.98. The number of carbonyl (C=O) groups excluding carboxylic acids is 1. The van der Waals surface area contributed by atoms with Gasteiger partial charge in [-0.25, -0.2) is 0 Å². The fraction of sp³-hybridized carbons (Fsp3) is 0.667. The molecule has 0 aliphatic carbocycles. The minimum absolute atomic E-state index is 0.0995. The maximum atomic E-state index is 10.4. The molecule has 1 rings (SSSR count). The number of ketones is 1. The molecule has 1 heterocycles. The predicted molar refractivity (Wildman–Crippen MR) is 29.3 cm³/mol. The first-order chi connectivity index (χ1) is 3.83. The van der Waals surface area contributed by atoms with Crippen LogP contribution in [0.3, 0.4) is 0 Å². The van der Waals surface area contributed by atoms with Gasteiger partial charge in [-0.3, -0.25) is 4.79 Å². The lowest BCUT2D eigenvalue weighted by atomic mass is 10.2. The Morgan fingerprint density at radius 2 is 2.75 bits per heavy atom. The molecule has 1 unspecified atom stereocenters. The first-order valence-corrected chi connectivity index (χ1v) is 2.82. The van der Waals surface area contributed by atoms with E-state index in [1.165, 1.54) is 0 Å². The highest BCUT2D eigenvalue weighted by Crippen LogP contribution is 2.09. The molecule has 45 valence electrons. The third-order valence-electron chi connectivity index (χ3n) is 1.21. The quantitative estimate of drug-likeness (QED) is 0.497. The smallest absolute Gasteiger partial charge is 0.164 e. The Hall–Kier alpha value is -0.370. The lowest BCUT2D eigenvalue weighted by Gasteiger charge is -1.99. The molecular weight excluding hydrogens is 104 g/mol. The summed E-state index contributed by atoms with van der Waals surface area (Å²) in [6, 6.07) is 0. The van der Waals surface area contributed by atoms with Crippen LogP contribution < -0.4 is 0 Å². The SMILES string of the molecule is CCC1[CH]C(=O)CO1.